The summed E-state index contributed by atoms with van der Waals surface area (Å²) < 4.78 is 5.24. The van der Waals surface area contributed by atoms with Crippen LogP contribution in [0.3, 0.4) is 0 Å². The van der Waals surface area contributed by atoms with Gasteiger partial charge in [0.1, 0.15) is 5.75 Å². The van der Waals surface area contributed by atoms with Crippen LogP contribution < -0.4 is 15.8 Å². The van der Waals surface area contributed by atoms with Gasteiger partial charge in [-0.2, -0.15) is 0 Å². The zero-order valence-electron chi connectivity index (χ0n) is 11.5. The van der Waals surface area contributed by atoms with E-state index >= 15 is 0 Å². The zero-order valence-corrected chi connectivity index (χ0v) is 11.5. The van der Waals surface area contributed by atoms with E-state index < -0.39 is 6.04 Å². The number of rotatable bonds is 5. The summed E-state index contributed by atoms with van der Waals surface area (Å²) in [4.78, 5) is 12.0. The predicted octanol–water partition coefficient (Wildman–Crippen LogP) is 2.32. The number of amides is 1. The van der Waals surface area contributed by atoms with Crippen LogP contribution in [-0.4, -0.2) is 19.1 Å². The molecule has 0 aromatic heterocycles. The summed E-state index contributed by atoms with van der Waals surface area (Å²) in [5.74, 6) is 0.632. The Labute approximate surface area is 109 Å². The molecule has 0 aliphatic rings. The summed E-state index contributed by atoms with van der Waals surface area (Å²) in [6.07, 6.45) is 0.875. The first-order valence-corrected chi connectivity index (χ1v) is 6.20. The third kappa shape index (κ3) is 3.47. The number of hydrogen-bond donors (Lipinski definition) is 2. The molecule has 2 atom stereocenters. The smallest absolute Gasteiger partial charge is 0.241 e. The molecule has 1 aromatic carbocycles. The number of carbonyl (C=O) groups excluding carboxylic acids is 1. The van der Waals surface area contributed by atoms with E-state index in [2.05, 4.69) is 5.32 Å². The Bertz CT molecular complexity index is 418. The van der Waals surface area contributed by atoms with Gasteiger partial charge in [-0.15, -0.1) is 0 Å². The molecule has 0 heterocycles. The molecule has 0 aliphatic carbocycles. The van der Waals surface area contributed by atoms with Crippen LogP contribution in [0.15, 0.2) is 18.2 Å². The number of anilines is 1. The topological polar surface area (TPSA) is 64.4 Å². The van der Waals surface area contributed by atoms with Crippen LogP contribution in [0.5, 0.6) is 5.75 Å². The molecule has 2 unspecified atom stereocenters. The maximum atomic E-state index is 12.0. The Balaban J connectivity index is 2.81. The van der Waals surface area contributed by atoms with Crippen molar-refractivity contribution in [2.75, 3.05) is 12.4 Å². The second-order valence-corrected chi connectivity index (χ2v) is 4.60. The van der Waals surface area contributed by atoms with E-state index in [4.69, 9.17) is 10.5 Å². The van der Waals surface area contributed by atoms with Gasteiger partial charge in [0, 0.05) is 0 Å². The van der Waals surface area contributed by atoms with E-state index in [1.165, 1.54) is 0 Å². The van der Waals surface area contributed by atoms with Gasteiger partial charge in [0.05, 0.1) is 18.8 Å². The van der Waals surface area contributed by atoms with Gasteiger partial charge in [0.2, 0.25) is 5.91 Å². The number of benzene rings is 1. The van der Waals surface area contributed by atoms with Crippen molar-refractivity contribution < 1.29 is 9.53 Å². The van der Waals surface area contributed by atoms with E-state index in [0.717, 1.165) is 12.0 Å². The SMILES string of the molecule is CCC(C)C(N)C(=O)Nc1ccc(C)cc1OC. The lowest BCUT2D eigenvalue weighted by Crippen LogP contribution is -2.40. The predicted molar refractivity (Wildman–Crippen MR) is 73.8 cm³/mol. The summed E-state index contributed by atoms with van der Waals surface area (Å²) in [5.41, 5.74) is 7.63. The summed E-state index contributed by atoms with van der Waals surface area (Å²) in [5, 5.41) is 2.81. The van der Waals surface area contributed by atoms with Gasteiger partial charge in [-0.25, -0.2) is 0 Å². The highest BCUT2D eigenvalue weighted by molar-refractivity contribution is 5.96. The van der Waals surface area contributed by atoms with Crippen LogP contribution in [0, 0.1) is 12.8 Å². The van der Waals surface area contributed by atoms with Crippen molar-refractivity contribution in [2.45, 2.75) is 33.2 Å². The molecule has 0 aliphatic heterocycles. The van der Waals surface area contributed by atoms with Crippen LogP contribution in [0.1, 0.15) is 25.8 Å². The average molecular weight is 250 g/mol. The zero-order chi connectivity index (χ0) is 13.7. The van der Waals surface area contributed by atoms with E-state index in [0.29, 0.717) is 11.4 Å². The molecule has 4 heteroatoms. The summed E-state index contributed by atoms with van der Waals surface area (Å²) in [6.45, 7) is 5.96. The minimum Gasteiger partial charge on any atom is -0.495 e. The van der Waals surface area contributed by atoms with E-state index in [-0.39, 0.29) is 11.8 Å². The number of nitrogens with two attached hydrogens (primary N) is 1. The van der Waals surface area contributed by atoms with Gasteiger partial charge in [-0.1, -0.05) is 26.3 Å². The molecular weight excluding hydrogens is 228 g/mol. The van der Waals surface area contributed by atoms with Crippen molar-refractivity contribution in [2.24, 2.45) is 11.7 Å². The highest BCUT2D eigenvalue weighted by Gasteiger charge is 2.20. The Kier molecular flexibility index (Phi) is 5.16. The van der Waals surface area contributed by atoms with Crippen molar-refractivity contribution in [3.63, 3.8) is 0 Å². The first-order valence-electron chi connectivity index (χ1n) is 6.20. The van der Waals surface area contributed by atoms with Crippen molar-refractivity contribution in [3.05, 3.63) is 23.8 Å². The molecule has 1 aromatic rings. The minimum atomic E-state index is -0.499. The lowest BCUT2D eigenvalue weighted by molar-refractivity contribution is -0.118. The fourth-order valence-electron chi connectivity index (χ4n) is 1.63. The van der Waals surface area contributed by atoms with Gasteiger partial charge in [-0.05, 0) is 30.5 Å². The third-order valence-corrected chi connectivity index (χ3v) is 3.17. The third-order valence-electron chi connectivity index (χ3n) is 3.17. The average Bonchev–Trinajstić information content (AvgIpc) is 2.38. The lowest BCUT2D eigenvalue weighted by atomic mass is 9.99. The molecule has 0 saturated carbocycles. The quantitative estimate of drug-likeness (QED) is 0.843. The van der Waals surface area contributed by atoms with Crippen LogP contribution >= 0.6 is 0 Å². The highest BCUT2D eigenvalue weighted by atomic mass is 16.5. The number of nitrogens with one attached hydrogen (secondary N) is 1. The van der Waals surface area contributed by atoms with Crippen LogP contribution in [0.2, 0.25) is 0 Å². The summed E-state index contributed by atoms with van der Waals surface area (Å²) >= 11 is 0. The number of ether oxygens (including phenoxy) is 1. The van der Waals surface area contributed by atoms with Crippen LogP contribution in [-0.2, 0) is 4.79 Å². The molecule has 0 spiro atoms. The van der Waals surface area contributed by atoms with E-state index in [1.807, 2.05) is 39.0 Å². The molecule has 4 nitrogen and oxygen atoms in total. The Morgan fingerprint density at radius 3 is 2.72 bits per heavy atom. The molecule has 100 valence electrons. The Hall–Kier alpha value is -1.55. The fourth-order valence-corrected chi connectivity index (χ4v) is 1.63. The molecule has 18 heavy (non-hydrogen) atoms. The number of hydrogen-bond acceptors (Lipinski definition) is 3. The molecule has 0 fully saturated rings. The number of aryl methyl sites for hydroxylation is 1. The Morgan fingerprint density at radius 1 is 1.50 bits per heavy atom. The van der Waals surface area contributed by atoms with Crippen LogP contribution in [0.25, 0.3) is 0 Å². The molecule has 3 N–H and O–H groups in total. The molecule has 1 rings (SSSR count). The second-order valence-electron chi connectivity index (χ2n) is 4.60. The molecule has 0 saturated heterocycles. The Morgan fingerprint density at radius 2 is 2.17 bits per heavy atom. The normalized spacial score (nSPS) is 13.8. The van der Waals surface area contributed by atoms with Gasteiger partial charge >= 0.3 is 0 Å². The van der Waals surface area contributed by atoms with Gasteiger partial charge in [0.15, 0.2) is 0 Å². The van der Waals surface area contributed by atoms with Crippen LogP contribution in [0.4, 0.5) is 5.69 Å². The highest BCUT2D eigenvalue weighted by Crippen LogP contribution is 2.25. The molecular formula is C14H22N2O2. The fraction of sp³-hybridized carbons (Fsp3) is 0.500. The second kappa shape index (κ2) is 6.40. The lowest BCUT2D eigenvalue weighted by Gasteiger charge is -2.18. The maximum absolute atomic E-state index is 12.0. The van der Waals surface area contributed by atoms with Crippen molar-refractivity contribution in [1.82, 2.24) is 0 Å². The molecule has 0 radical (unpaired) electrons. The molecule has 0 bridgehead atoms. The van der Waals surface area contributed by atoms with Crippen molar-refractivity contribution in [1.29, 1.82) is 0 Å². The first-order chi connectivity index (χ1) is 8.49. The van der Waals surface area contributed by atoms with Crippen molar-refractivity contribution in [3.8, 4) is 5.75 Å². The van der Waals surface area contributed by atoms with E-state index in [1.54, 1.807) is 7.11 Å². The van der Waals surface area contributed by atoms with Crippen molar-refractivity contribution >= 4 is 11.6 Å². The number of methoxy groups -OCH3 is 1. The van der Waals surface area contributed by atoms with E-state index in [9.17, 15) is 4.79 Å². The largest absolute Gasteiger partial charge is 0.495 e. The number of carbonyl (C=O) groups is 1. The standard InChI is InChI=1S/C14H22N2O2/c1-5-10(3)13(15)14(17)16-11-7-6-9(2)8-12(11)18-4/h6-8,10,13H,5,15H2,1-4H3,(H,16,17). The van der Waals surface area contributed by atoms with Gasteiger partial charge in [-0.3, -0.25) is 4.79 Å². The first kappa shape index (κ1) is 14.5. The maximum Gasteiger partial charge on any atom is 0.241 e. The summed E-state index contributed by atoms with van der Waals surface area (Å²) in [6, 6.07) is 5.13. The monoisotopic (exact) mass is 250 g/mol. The summed E-state index contributed by atoms with van der Waals surface area (Å²) in [7, 11) is 1.58. The van der Waals surface area contributed by atoms with Gasteiger partial charge in [0.25, 0.3) is 0 Å². The minimum absolute atomic E-state index is 0.154. The molecule has 1 amide bonds. The van der Waals surface area contributed by atoms with Gasteiger partial charge < -0.3 is 15.8 Å².